The molecule has 4 nitrogen and oxygen atoms in total. The van der Waals surface area contributed by atoms with Crippen LogP contribution in [0.5, 0.6) is 5.75 Å². The number of anilines is 1. The molecular formula is C19H20N2O2S. The van der Waals surface area contributed by atoms with Gasteiger partial charge in [0.1, 0.15) is 5.75 Å². The van der Waals surface area contributed by atoms with Crippen LogP contribution < -0.4 is 9.64 Å². The minimum atomic E-state index is -0.0170. The molecular weight excluding hydrogens is 320 g/mol. The lowest BCUT2D eigenvalue weighted by Gasteiger charge is -2.22. The smallest absolute Gasteiger partial charge is 0.161 e. The summed E-state index contributed by atoms with van der Waals surface area (Å²) >= 11 is 1.64. The zero-order valence-electron chi connectivity index (χ0n) is 14.3. The van der Waals surface area contributed by atoms with Crippen molar-refractivity contribution in [2.45, 2.75) is 18.4 Å². The van der Waals surface area contributed by atoms with Crippen molar-refractivity contribution in [1.29, 1.82) is 5.26 Å². The van der Waals surface area contributed by atoms with Gasteiger partial charge in [-0.25, -0.2) is 0 Å². The lowest BCUT2D eigenvalue weighted by atomic mass is 10.0. The van der Waals surface area contributed by atoms with Gasteiger partial charge >= 0.3 is 0 Å². The summed E-state index contributed by atoms with van der Waals surface area (Å²) in [7, 11) is 3.57. The van der Waals surface area contributed by atoms with E-state index in [1.807, 2.05) is 36.4 Å². The number of ether oxygens (including phenoxy) is 1. The average molecular weight is 340 g/mol. The van der Waals surface area contributed by atoms with Gasteiger partial charge in [-0.2, -0.15) is 5.26 Å². The molecule has 0 radical (unpaired) electrons. The Morgan fingerprint density at radius 1 is 1.29 bits per heavy atom. The molecule has 0 saturated heterocycles. The fourth-order valence-electron chi connectivity index (χ4n) is 2.55. The number of nitriles is 1. The van der Waals surface area contributed by atoms with Crippen molar-refractivity contribution in [1.82, 2.24) is 0 Å². The number of carbonyl (C=O) groups is 1. The van der Waals surface area contributed by atoms with Crippen molar-refractivity contribution in [3.8, 4) is 11.8 Å². The van der Waals surface area contributed by atoms with E-state index in [1.54, 1.807) is 37.1 Å². The van der Waals surface area contributed by atoms with Gasteiger partial charge in [0.25, 0.3) is 0 Å². The van der Waals surface area contributed by atoms with Gasteiger partial charge in [-0.05, 0) is 49.1 Å². The average Bonchev–Trinajstić information content (AvgIpc) is 2.60. The highest BCUT2D eigenvalue weighted by Gasteiger charge is 2.13. The number of Topliss-reactive ketones (excluding diaryl/α,β-unsaturated/α-hetero) is 1. The second-order valence-electron chi connectivity index (χ2n) is 5.45. The van der Waals surface area contributed by atoms with E-state index in [4.69, 9.17) is 10.00 Å². The highest BCUT2D eigenvalue weighted by molar-refractivity contribution is 7.98. The van der Waals surface area contributed by atoms with Crippen molar-refractivity contribution < 1.29 is 9.53 Å². The summed E-state index contributed by atoms with van der Waals surface area (Å²) in [6.45, 7) is 2.15. The molecule has 0 atom stereocenters. The van der Waals surface area contributed by atoms with Gasteiger partial charge in [0.15, 0.2) is 5.78 Å². The predicted molar refractivity (Wildman–Crippen MR) is 98.0 cm³/mol. The van der Waals surface area contributed by atoms with Crippen LogP contribution in [0.4, 0.5) is 5.69 Å². The van der Waals surface area contributed by atoms with Crippen molar-refractivity contribution in [2.75, 3.05) is 25.3 Å². The molecule has 0 bridgehead atoms. The van der Waals surface area contributed by atoms with E-state index in [0.717, 1.165) is 21.9 Å². The predicted octanol–water partition coefficient (Wildman–Crippen LogP) is 4.13. The van der Waals surface area contributed by atoms with E-state index in [2.05, 4.69) is 6.07 Å². The first-order valence-corrected chi connectivity index (χ1v) is 8.69. The topological polar surface area (TPSA) is 53.3 Å². The second-order valence-corrected chi connectivity index (χ2v) is 6.29. The van der Waals surface area contributed by atoms with Gasteiger partial charge in [0, 0.05) is 29.7 Å². The summed E-state index contributed by atoms with van der Waals surface area (Å²) in [4.78, 5) is 14.9. The molecule has 0 aliphatic carbocycles. The first-order valence-electron chi connectivity index (χ1n) is 7.47. The van der Waals surface area contributed by atoms with E-state index in [0.29, 0.717) is 17.7 Å². The summed E-state index contributed by atoms with van der Waals surface area (Å²) in [5, 5.41) is 9.12. The fraction of sp³-hybridized carbons (Fsp3) is 0.263. The van der Waals surface area contributed by atoms with Gasteiger partial charge in [-0.1, -0.05) is 6.07 Å². The first kappa shape index (κ1) is 17.9. The standard InChI is InChI=1S/C19H20N2O2S/c1-13(22)16-7-5-14(11-20)9-17(16)21(2)12-15-6-8-19(24-4)18(10-15)23-3/h5-10H,12H2,1-4H3. The van der Waals surface area contributed by atoms with Crippen LogP contribution >= 0.6 is 11.8 Å². The van der Waals surface area contributed by atoms with Crippen molar-refractivity contribution in [3.05, 3.63) is 53.1 Å². The molecule has 24 heavy (non-hydrogen) atoms. The first-order chi connectivity index (χ1) is 11.5. The van der Waals surface area contributed by atoms with Gasteiger partial charge in [-0.3, -0.25) is 4.79 Å². The number of hydrogen-bond acceptors (Lipinski definition) is 5. The van der Waals surface area contributed by atoms with Crippen LogP contribution in [0, 0.1) is 11.3 Å². The Labute approximate surface area is 147 Å². The third-order valence-electron chi connectivity index (χ3n) is 3.79. The second kappa shape index (κ2) is 7.89. The van der Waals surface area contributed by atoms with Gasteiger partial charge < -0.3 is 9.64 Å². The number of carbonyl (C=O) groups excluding carboxylic acids is 1. The number of rotatable bonds is 6. The molecule has 2 aromatic rings. The molecule has 2 aromatic carbocycles. The molecule has 0 fully saturated rings. The number of nitrogens with zero attached hydrogens (tertiary/aromatic N) is 2. The minimum absolute atomic E-state index is 0.0170. The van der Waals surface area contributed by atoms with Gasteiger partial charge in [0.05, 0.1) is 18.7 Å². The van der Waals surface area contributed by atoms with E-state index >= 15 is 0 Å². The highest BCUT2D eigenvalue weighted by Crippen LogP contribution is 2.30. The molecule has 0 spiro atoms. The lowest BCUT2D eigenvalue weighted by Crippen LogP contribution is -2.19. The maximum absolute atomic E-state index is 11.9. The molecule has 0 saturated carbocycles. The summed E-state index contributed by atoms with van der Waals surface area (Å²) in [6, 6.07) is 13.3. The maximum Gasteiger partial charge on any atom is 0.161 e. The third kappa shape index (κ3) is 3.90. The van der Waals surface area contributed by atoms with Crippen LogP contribution in [0.2, 0.25) is 0 Å². The molecule has 0 aromatic heterocycles. The van der Waals surface area contributed by atoms with Crippen molar-refractivity contribution in [3.63, 3.8) is 0 Å². The Bertz CT molecular complexity index is 796. The van der Waals surface area contributed by atoms with Gasteiger partial charge in [-0.15, -0.1) is 11.8 Å². The summed E-state index contributed by atoms with van der Waals surface area (Å²) in [5.41, 5.74) is 2.99. The van der Waals surface area contributed by atoms with Crippen molar-refractivity contribution >= 4 is 23.2 Å². The summed E-state index contributed by atoms with van der Waals surface area (Å²) in [5.74, 6) is 0.822. The summed E-state index contributed by atoms with van der Waals surface area (Å²) < 4.78 is 5.43. The molecule has 124 valence electrons. The normalized spacial score (nSPS) is 10.1. The Hall–Kier alpha value is -2.45. The highest BCUT2D eigenvalue weighted by atomic mass is 32.2. The monoisotopic (exact) mass is 340 g/mol. The Morgan fingerprint density at radius 3 is 2.62 bits per heavy atom. The largest absolute Gasteiger partial charge is 0.496 e. The summed E-state index contributed by atoms with van der Waals surface area (Å²) in [6.07, 6.45) is 2.01. The molecule has 5 heteroatoms. The number of benzene rings is 2. The van der Waals surface area contributed by atoms with E-state index in [1.165, 1.54) is 6.92 Å². The molecule has 0 amide bonds. The number of hydrogen-bond donors (Lipinski definition) is 0. The van der Waals surface area contributed by atoms with E-state index < -0.39 is 0 Å². The number of methoxy groups -OCH3 is 1. The maximum atomic E-state index is 11.9. The molecule has 0 unspecified atom stereocenters. The number of thioether (sulfide) groups is 1. The zero-order valence-corrected chi connectivity index (χ0v) is 15.1. The fourth-order valence-corrected chi connectivity index (χ4v) is 3.10. The van der Waals surface area contributed by atoms with Crippen LogP contribution in [0.3, 0.4) is 0 Å². The van der Waals surface area contributed by atoms with Crippen LogP contribution in [0.25, 0.3) is 0 Å². The molecule has 0 aliphatic heterocycles. The van der Waals surface area contributed by atoms with Gasteiger partial charge in [0.2, 0.25) is 0 Å². The van der Waals surface area contributed by atoms with Crippen LogP contribution in [0.15, 0.2) is 41.3 Å². The molecule has 2 rings (SSSR count). The SMILES string of the molecule is COc1cc(CN(C)c2cc(C#N)ccc2C(C)=O)ccc1SC. The van der Waals surface area contributed by atoms with E-state index in [9.17, 15) is 4.79 Å². The Kier molecular flexibility index (Phi) is 5.88. The molecule has 0 N–H and O–H groups in total. The zero-order chi connectivity index (χ0) is 17.7. The Morgan fingerprint density at radius 2 is 2.04 bits per heavy atom. The van der Waals surface area contributed by atoms with Crippen LogP contribution in [-0.2, 0) is 6.54 Å². The lowest BCUT2D eigenvalue weighted by molar-refractivity contribution is 0.101. The number of ketones is 1. The Balaban J connectivity index is 2.34. The van der Waals surface area contributed by atoms with E-state index in [-0.39, 0.29) is 5.78 Å². The molecule has 0 aliphatic rings. The van der Waals surface area contributed by atoms with Crippen LogP contribution in [-0.4, -0.2) is 26.2 Å². The third-order valence-corrected chi connectivity index (χ3v) is 4.56. The van der Waals surface area contributed by atoms with Crippen molar-refractivity contribution in [2.24, 2.45) is 0 Å². The van der Waals surface area contributed by atoms with Crippen LogP contribution in [0.1, 0.15) is 28.4 Å². The quantitative estimate of drug-likeness (QED) is 0.585. The minimum Gasteiger partial charge on any atom is -0.496 e. The molecule has 0 heterocycles.